The van der Waals surface area contributed by atoms with Crippen LogP contribution in [0.2, 0.25) is 0 Å². The van der Waals surface area contributed by atoms with Crippen LogP contribution in [0.5, 0.6) is 0 Å². The van der Waals surface area contributed by atoms with E-state index < -0.39 is 0 Å². The van der Waals surface area contributed by atoms with Gasteiger partial charge in [0.15, 0.2) is 0 Å². The number of hydrogen-bond acceptors (Lipinski definition) is 2. The molecular weight excluding hydrogens is 330 g/mol. The molecule has 2 heteroatoms. The van der Waals surface area contributed by atoms with Crippen LogP contribution in [0.4, 0.5) is 0 Å². The number of furan rings is 1. The standard InChI is InChI=1S/C25H27NO/c1-2-3-4-5-6-7-11-19-16-17-26-23(18-19)22-14-10-13-21-20-12-8-9-15-24(20)27-25(21)22/h8-10,12-18H,2-7,11H2,1H3. The summed E-state index contributed by atoms with van der Waals surface area (Å²) in [6.45, 7) is 2.26. The summed E-state index contributed by atoms with van der Waals surface area (Å²) in [5.41, 5.74) is 5.31. The number of aromatic nitrogens is 1. The molecule has 0 amide bonds. The summed E-state index contributed by atoms with van der Waals surface area (Å²) in [6, 6.07) is 18.9. The fourth-order valence-corrected chi connectivity index (χ4v) is 3.84. The van der Waals surface area contributed by atoms with E-state index in [9.17, 15) is 0 Å². The molecule has 138 valence electrons. The van der Waals surface area contributed by atoms with Crippen molar-refractivity contribution >= 4 is 21.9 Å². The van der Waals surface area contributed by atoms with Gasteiger partial charge >= 0.3 is 0 Å². The predicted octanol–water partition coefficient (Wildman–Crippen LogP) is 7.55. The zero-order chi connectivity index (χ0) is 18.5. The number of benzene rings is 2. The van der Waals surface area contributed by atoms with Crippen molar-refractivity contribution in [3.63, 3.8) is 0 Å². The average Bonchev–Trinajstić information content (AvgIpc) is 3.10. The normalized spacial score (nSPS) is 11.4. The molecule has 0 N–H and O–H groups in total. The second-order valence-electron chi connectivity index (χ2n) is 7.35. The van der Waals surface area contributed by atoms with Crippen LogP contribution < -0.4 is 0 Å². The Morgan fingerprint density at radius 2 is 1.63 bits per heavy atom. The zero-order valence-corrected chi connectivity index (χ0v) is 16.1. The molecule has 0 aliphatic heterocycles. The van der Waals surface area contributed by atoms with Gasteiger partial charge in [0.05, 0.1) is 5.69 Å². The maximum atomic E-state index is 6.17. The minimum absolute atomic E-state index is 0.933. The Bertz CT molecular complexity index is 1030. The third kappa shape index (κ3) is 3.90. The summed E-state index contributed by atoms with van der Waals surface area (Å²) in [5.74, 6) is 0. The molecule has 4 aromatic rings. The highest BCUT2D eigenvalue weighted by Gasteiger charge is 2.12. The molecule has 0 radical (unpaired) electrons. The monoisotopic (exact) mass is 357 g/mol. The molecule has 2 heterocycles. The van der Waals surface area contributed by atoms with E-state index in [-0.39, 0.29) is 0 Å². The van der Waals surface area contributed by atoms with Gasteiger partial charge in [-0.1, -0.05) is 69.4 Å². The van der Waals surface area contributed by atoms with Gasteiger partial charge in [-0.25, -0.2) is 0 Å². The van der Waals surface area contributed by atoms with Crippen molar-refractivity contribution in [1.82, 2.24) is 4.98 Å². The van der Waals surface area contributed by atoms with Crippen molar-refractivity contribution in [2.24, 2.45) is 0 Å². The van der Waals surface area contributed by atoms with Gasteiger partial charge in [0, 0.05) is 22.5 Å². The summed E-state index contributed by atoms with van der Waals surface area (Å²) in [5, 5.41) is 2.32. The van der Waals surface area contributed by atoms with Gasteiger partial charge in [-0.3, -0.25) is 4.98 Å². The summed E-state index contributed by atoms with van der Waals surface area (Å²) < 4.78 is 6.17. The molecule has 0 saturated heterocycles. The van der Waals surface area contributed by atoms with Crippen LogP contribution in [0.1, 0.15) is 51.0 Å². The van der Waals surface area contributed by atoms with Crippen LogP contribution in [-0.4, -0.2) is 4.98 Å². The molecular formula is C25H27NO. The van der Waals surface area contributed by atoms with Gasteiger partial charge in [-0.2, -0.15) is 0 Å². The lowest BCUT2D eigenvalue weighted by atomic mass is 10.0. The van der Waals surface area contributed by atoms with E-state index in [1.807, 2.05) is 18.3 Å². The van der Waals surface area contributed by atoms with E-state index in [1.165, 1.54) is 44.1 Å². The SMILES string of the molecule is CCCCCCCCc1ccnc(-c2cccc3c2oc2ccccc23)c1. The molecule has 0 unspecified atom stereocenters. The van der Waals surface area contributed by atoms with Gasteiger partial charge < -0.3 is 4.42 Å². The fraction of sp³-hybridized carbons (Fsp3) is 0.320. The number of hydrogen-bond donors (Lipinski definition) is 0. The largest absolute Gasteiger partial charge is 0.455 e. The van der Waals surface area contributed by atoms with Crippen LogP contribution in [0.3, 0.4) is 0 Å². The lowest BCUT2D eigenvalue weighted by Gasteiger charge is -2.06. The van der Waals surface area contributed by atoms with E-state index in [1.54, 1.807) is 0 Å². The minimum Gasteiger partial charge on any atom is -0.455 e. The maximum absolute atomic E-state index is 6.17. The van der Waals surface area contributed by atoms with Crippen molar-refractivity contribution in [3.8, 4) is 11.3 Å². The smallest absolute Gasteiger partial charge is 0.144 e. The van der Waals surface area contributed by atoms with Crippen LogP contribution >= 0.6 is 0 Å². The summed E-state index contributed by atoms with van der Waals surface area (Å²) in [4.78, 5) is 4.64. The highest BCUT2D eigenvalue weighted by atomic mass is 16.3. The predicted molar refractivity (Wildman–Crippen MR) is 114 cm³/mol. The first-order valence-electron chi connectivity index (χ1n) is 10.2. The first kappa shape index (κ1) is 17.8. The molecule has 0 bridgehead atoms. The topological polar surface area (TPSA) is 26.0 Å². The number of pyridine rings is 1. The molecule has 0 aliphatic carbocycles. The first-order chi connectivity index (χ1) is 13.4. The molecule has 27 heavy (non-hydrogen) atoms. The molecule has 0 spiro atoms. The second kappa shape index (κ2) is 8.39. The number of para-hydroxylation sites is 2. The third-order valence-corrected chi connectivity index (χ3v) is 5.32. The third-order valence-electron chi connectivity index (χ3n) is 5.32. The second-order valence-corrected chi connectivity index (χ2v) is 7.35. The van der Waals surface area contributed by atoms with E-state index in [2.05, 4.69) is 54.4 Å². The van der Waals surface area contributed by atoms with Crippen molar-refractivity contribution in [2.45, 2.75) is 51.9 Å². The Morgan fingerprint density at radius 3 is 2.56 bits per heavy atom. The number of nitrogens with zero attached hydrogens (tertiary/aromatic N) is 1. The van der Waals surface area contributed by atoms with Crippen LogP contribution in [-0.2, 0) is 6.42 Å². The molecule has 0 atom stereocenters. The fourth-order valence-electron chi connectivity index (χ4n) is 3.84. The van der Waals surface area contributed by atoms with Crippen molar-refractivity contribution < 1.29 is 4.42 Å². The van der Waals surface area contributed by atoms with E-state index in [4.69, 9.17) is 4.42 Å². The average molecular weight is 357 g/mol. The Morgan fingerprint density at radius 1 is 0.815 bits per heavy atom. The Kier molecular flexibility index (Phi) is 5.53. The van der Waals surface area contributed by atoms with Crippen molar-refractivity contribution in [2.75, 3.05) is 0 Å². The summed E-state index contributed by atoms with van der Waals surface area (Å²) in [7, 11) is 0. The van der Waals surface area contributed by atoms with Crippen LogP contribution in [0.25, 0.3) is 33.2 Å². The van der Waals surface area contributed by atoms with Crippen molar-refractivity contribution in [1.29, 1.82) is 0 Å². The highest BCUT2D eigenvalue weighted by Crippen LogP contribution is 2.35. The zero-order valence-electron chi connectivity index (χ0n) is 16.1. The van der Waals surface area contributed by atoms with Gasteiger partial charge in [0.1, 0.15) is 11.2 Å². The van der Waals surface area contributed by atoms with E-state index in [0.717, 1.165) is 39.6 Å². The molecule has 2 nitrogen and oxygen atoms in total. The van der Waals surface area contributed by atoms with Gasteiger partial charge in [-0.05, 0) is 42.7 Å². The number of fused-ring (bicyclic) bond motifs is 3. The van der Waals surface area contributed by atoms with Gasteiger partial charge in [-0.15, -0.1) is 0 Å². The lowest BCUT2D eigenvalue weighted by molar-refractivity contribution is 0.607. The summed E-state index contributed by atoms with van der Waals surface area (Å²) >= 11 is 0. The molecule has 2 aromatic heterocycles. The van der Waals surface area contributed by atoms with Crippen LogP contribution in [0.15, 0.2) is 65.2 Å². The van der Waals surface area contributed by atoms with E-state index >= 15 is 0 Å². The Labute approximate surface area is 161 Å². The molecule has 2 aromatic carbocycles. The number of unbranched alkanes of at least 4 members (excludes halogenated alkanes) is 5. The molecule has 0 aliphatic rings. The molecule has 0 saturated carbocycles. The van der Waals surface area contributed by atoms with Crippen LogP contribution in [0, 0.1) is 0 Å². The number of rotatable bonds is 8. The highest BCUT2D eigenvalue weighted by molar-refractivity contribution is 6.09. The van der Waals surface area contributed by atoms with Gasteiger partial charge in [0.2, 0.25) is 0 Å². The number of aryl methyl sites for hydroxylation is 1. The molecule has 0 fully saturated rings. The summed E-state index contributed by atoms with van der Waals surface area (Å²) in [6.07, 6.45) is 11.0. The maximum Gasteiger partial charge on any atom is 0.144 e. The first-order valence-corrected chi connectivity index (χ1v) is 10.2. The van der Waals surface area contributed by atoms with Gasteiger partial charge in [0.25, 0.3) is 0 Å². The molecule has 4 rings (SSSR count). The minimum atomic E-state index is 0.933. The van der Waals surface area contributed by atoms with E-state index in [0.29, 0.717) is 0 Å². The lowest BCUT2D eigenvalue weighted by Crippen LogP contribution is -1.90. The Hall–Kier alpha value is -2.61. The Balaban J connectivity index is 1.57. The van der Waals surface area contributed by atoms with Crippen molar-refractivity contribution in [3.05, 3.63) is 66.4 Å². The quantitative estimate of drug-likeness (QED) is 0.304.